The molecule has 4 N–H and O–H groups in total. The van der Waals surface area contributed by atoms with Crippen LogP contribution in [0.1, 0.15) is 39.5 Å². The van der Waals surface area contributed by atoms with Gasteiger partial charge in [-0.3, -0.25) is 4.79 Å². The van der Waals surface area contributed by atoms with Crippen molar-refractivity contribution in [3.8, 4) is 0 Å². The average Bonchev–Trinajstić information content (AvgIpc) is 2.69. The van der Waals surface area contributed by atoms with Crippen molar-refractivity contribution in [1.29, 1.82) is 0 Å². The van der Waals surface area contributed by atoms with Gasteiger partial charge in [-0.2, -0.15) is 0 Å². The van der Waals surface area contributed by atoms with Gasteiger partial charge in [0.2, 0.25) is 5.91 Å². The van der Waals surface area contributed by atoms with Gasteiger partial charge >= 0.3 is 5.97 Å². The summed E-state index contributed by atoms with van der Waals surface area (Å²) in [6, 6.07) is -0.777. The molecule has 6 nitrogen and oxygen atoms in total. The number of hydrogen-bond donors (Lipinski definition) is 3. The van der Waals surface area contributed by atoms with Crippen molar-refractivity contribution < 1.29 is 19.8 Å². The maximum absolute atomic E-state index is 12.2. The van der Waals surface area contributed by atoms with Crippen molar-refractivity contribution >= 4 is 11.9 Å². The molecule has 0 radical (unpaired) electrons. The number of carboxylic acid groups (broad SMARTS) is 1. The first-order valence-corrected chi connectivity index (χ1v) is 6.79. The van der Waals surface area contributed by atoms with Gasteiger partial charge in [0, 0.05) is 24.9 Å². The smallest absolute Gasteiger partial charge is 0.326 e. The van der Waals surface area contributed by atoms with Gasteiger partial charge in [0.1, 0.15) is 6.04 Å². The number of hydrogen-bond acceptors (Lipinski definition) is 4. The van der Waals surface area contributed by atoms with E-state index < -0.39 is 18.1 Å². The Balaban J connectivity index is 2.53. The molecular formula is C13H24N2O4. The van der Waals surface area contributed by atoms with Crippen LogP contribution in [-0.2, 0) is 9.59 Å². The molecule has 0 aromatic rings. The van der Waals surface area contributed by atoms with Crippen LogP contribution in [0.2, 0.25) is 0 Å². The van der Waals surface area contributed by atoms with Crippen LogP contribution in [0.15, 0.2) is 0 Å². The summed E-state index contributed by atoms with van der Waals surface area (Å²) in [6.07, 6.45) is 1.77. The first-order chi connectivity index (χ1) is 8.82. The highest BCUT2D eigenvalue weighted by Gasteiger charge is 2.39. The fourth-order valence-corrected chi connectivity index (χ4v) is 2.44. The molecule has 1 saturated heterocycles. The van der Waals surface area contributed by atoms with Gasteiger partial charge in [-0.1, -0.05) is 13.3 Å². The molecule has 0 aliphatic carbocycles. The van der Waals surface area contributed by atoms with Crippen LogP contribution in [-0.4, -0.2) is 51.7 Å². The van der Waals surface area contributed by atoms with E-state index in [0.29, 0.717) is 6.42 Å². The fraction of sp³-hybridized carbons (Fsp3) is 0.846. The second-order valence-corrected chi connectivity index (χ2v) is 5.54. The molecule has 0 bridgehead atoms. The Labute approximate surface area is 113 Å². The molecule has 0 aromatic heterocycles. The molecule has 1 heterocycles. The minimum absolute atomic E-state index is 0.114. The van der Waals surface area contributed by atoms with E-state index in [1.165, 1.54) is 4.90 Å². The van der Waals surface area contributed by atoms with Crippen LogP contribution in [0.3, 0.4) is 0 Å². The molecule has 0 saturated carbocycles. The van der Waals surface area contributed by atoms with Crippen molar-refractivity contribution in [3.63, 3.8) is 0 Å². The van der Waals surface area contributed by atoms with E-state index in [1.54, 1.807) is 6.92 Å². The van der Waals surface area contributed by atoms with Gasteiger partial charge in [-0.15, -0.1) is 0 Å². The molecule has 19 heavy (non-hydrogen) atoms. The summed E-state index contributed by atoms with van der Waals surface area (Å²) in [7, 11) is 0. The predicted molar refractivity (Wildman–Crippen MR) is 70.4 cm³/mol. The number of carbonyl (C=O) groups excluding carboxylic acids is 1. The lowest BCUT2D eigenvalue weighted by Crippen LogP contribution is -2.43. The normalized spacial score (nSPS) is 26.2. The number of likely N-dealkylation sites (tertiary alicyclic amines) is 1. The van der Waals surface area contributed by atoms with Gasteiger partial charge < -0.3 is 20.8 Å². The van der Waals surface area contributed by atoms with Crippen molar-refractivity contribution in [2.24, 2.45) is 11.7 Å². The third-order valence-corrected chi connectivity index (χ3v) is 3.57. The number of aliphatic hydroxyl groups is 1. The van der Waals surface area contributed by atoms with Crippen LogP contribution < -0.4 is 5.73 Å². The van der Waals surface area contributed by atoms with E-state index in [9.17, 15) is 14.7 Å². The van der Waals surface area contributed by atoms with E-state index in [2.05, 4.69) is 0 Å². The molecule has 0 aromatic carbocycles. The molecule has 4 unspecified atom stereocenters. The Morgan fingerprint density at radius 1 is 1.37 bits per heavy atom. The second kappa shape index (κ2) is 6.86. The minimum Gasteiger partial charge on any atom is -0.480 e. The molecule has 1 amide bonds. The van der Waals surface area contributed by atoms with Gasteiger partial charge in [0.05, 0.1) is 6.10 Å². The number of carboxylic acids is 1. The maximum Gasteiger partial charge on any atom is 0.326 e. The molecule has 1 rings (SSSR count). The molecule has 110 valence electrons. The van der Waals surface area contributed by atoms with E-state index in [4.69, 9.17) is 10.8 Å². The third kappa shape index (κ3) is 4.47. The molecule has 1 fully saturated rings. The zero-order chi connectivity index (χ0) is 14.6. The zero-order valence-electron chi connectivity index (χ0n) is 11.6. The molecule has 4 atom stereocenters. The predicted octanol–water partition coefficient (Wildman–Crippen LogP) is 0.186. The maximum atomic E-state index is 12.2. The van der Waals surface area contributed by atoms with Crippen LogP contribution in [0.25, 0.3) is 0 Å². The number of nitrogens with two attached hydrogens (primary N) is 1. The van der Waals surface area contributed by atoms with Gasteiger partial charge in [0.15, 0.2) is 0 Å². The van der Waals surface area contributed by atoms with Gasteiger partial charge in [0.25, 0.3) is 0 Å². The summed E-state index contributed by atoms with van der Waals surface area (Å²) in [5, 5.41) is 18.6. The minimum atomic E-state index is -1.05. The summed E-state index contributed by atoms with van der Waals surface area (Å²) in [5.74, 6) is -1.47. The number of amides is 1. The Bertz CT molecular complexity index is 333. The third-order valence-electron chi connectivity index (χ3n) is 3.57. The lowest BCUT2D eigenvalue weighted by molar-refractivity contribution is -0.149. The fourth-order valence-electron chi connectivity index (χ4n) is 2.44. The molecule has 6 heteroatoms. The van der Waals surface area contributed by atoms with E-state index in [-0.39, 0.29) is 30.8 Å². The van der Waals surface area contributed by atoms with E-state index in [1.807, 2.05) is 6.92 Å². The Hall–Kier alpha value is -1.14. The standard InChI is InChI=1S/C13H24N2O4/c1-8(4-3-5-9(2)14)12(17)15-7-10(16)6-11(15)13(18)19/h8-11,16H,3-7,14H2,1-2H3,(H,18,19). The summed E-state index contributed by atoms with van der Waals surface area (Å²) >= 11 is 0. The monoisotopic (exact) mass is 272 g/mol. The number of nitrogens with zero attached hydrogens (tertiary/aromatic N) is 1. The number of β-amino-alcohol motifs (C(OH)–C–C–N with tert-alkyl or cyclic N) is 1. The van der Waals surface area contributed by atoms with Gasteiger partial charge in [-0.05, 0) is 19.8 Å². The summed E-state index contributed by atoms with van der Waals surface area (Å²) in [4.78, 5) is 24.6. The summed E-state index contributed by atoms with van der Waals surface area (Å²) in [6.45, 7) is 3.84. The average molecular weight is 272 g/mol. The number of aliphatic hydroxyl groups excluding tert-OH is 1. The van der Waals surface area contributed by atoms with Crippen molar-refractivity contribution in [3.05, 3.63) is 0 Å². The van der Waals surface area contributed by atoms with Crippen LogP contribution in [0.4, 0.5) is 0 Å². The Morgan fingerprint density at radius 2 is 2.00 bits per heavy atom. The Morgan fingerprint density at radius 3 is 2.53 bits per heavy atom. The lowest BCUT2D eigenvalue weighted by Gasteiger charge is -2.24. The zero-order valence-corrected chi connectivity index (χ0v) is 11.6. The number of aliphatic carboxylic acids is 1. The summed E-state index contributed by atoms with van der Waals surface area (Å²) in [5.41, 5.74) is 5.65. The van der Waals surface area contributed by atoms with Crippen molar-refractivity contribution in [1.82, 2.24) is 4.90 Å². The number of rotatable bonds is 6. The van der Waals surface area contributed by atoms with Crippen LogP contribution >= 0.6 is 0 Å². The second-order valence-electron chi connectivity index (χ2n) is 5.54. The van der Waals surface area contributed by atoms with Crippen LogP contribution in [0.5, 0.6) is 0 Å². The quantitative estimate of drug-likeness (QED) is 0.640. The topological polar surface area (TPSA) is 104 Å². The van der Waals surface area contributed by atoms with Gasteiger partial charge in [-0.25, -0.2) is 4.79 Å². The SMILES string of the molecule is CC(N)CCCC(C)C(=O)N1CC(O)CC1C(=O)O. The Kier molecular flexibility index (Phi) is 5.75. The van der Waals surface area contributed by atoms with E-state index in [0.717, 1.165) is 12.8 Å². The first kappa shape index (κ1) is 15.9. The molecule has 0 spiro atoms. The molecule has 1 aliphatic heterocycles. The van der Waals surface area contributed by atoms with Crippen molar-refractivity contribution in [2.75, 3.05) is 6.54 Å². The molecular weight excluding hydrogens is 248 g/mol. The highest BCUT2D eigenvalue weighted by molar-refractivity contribution is 5.85. The number of carbonyl (C=O) groups is 2. The largest absolute Gasteiger partial charge is 0.480 e. The van der Waals surface area contributed by atoms with E-state index >= 15 is 0 Å². The highest BCUT2D eigenvalue weighted by Crippen LogP contribution is 2.22. The van der Waals surface area contributed by atoms with Crippen molar-refractivity contribution in [2.45, 2.75) is 57.7 Å². The lowest BCUT2D eigenvalue weighted by atomic mass is 10.0. The molecule has 1 aliphatic rings. The highest BCUT2D eigenvalue weighted by atomic mass is 16.4. The summed E-state index contributed by atoms with van der Waals surface area (Å²) < 4.78 is 0. The van der Waals surface area contributed by atoms with Crippen LogP contribution in [0, 0.1) is 5.92 Å². The first-order valence-electron chi connectivity index (χ1n) is 6.79.